The van der Waals surface area contributed by atoms with Gasteiger partial charge in [0.2, 0.25) is 5.78 Å². The van der Waals surface area contributed by atoms with Gasteiger partial charge >= 0.3 is 11.9 Å². The Balaban J connectivity index is 2.47. The third-order valence-corrected chi connectivity index (χ3v) is 5.04. The molecule has 1 aliphatic rings. The average molecular weight is 439 g/mol. The normalized spacial score (nSPS) is 19.5. The van der Waals surface area contributed by atoms with Crippen LogP contribution in [0.3, 0.4) is 0 Å². The van der Waals surface area contributed by atoms with Gasteiger partial charge in [-0.1, -0.05) is 24.6 Å². The average Bonchev–Trinajstić information content (AvgIpc) is 2.69. The third kappa shape index (κ3) is 10.4. The zero-order chi connectivity index (χ0) is 23.4. The van der Waals surface area contributed by atoms with E-state index in [9.17, 15) is 24.6 Å². The van der Waals surface area contributed by atoms with E-state index in [-0.39, 0.29) is 37.7 Å². The number of hydrogen-bond donors (Lipinski definition) is 3. The molecule has 0 unspecified atom stereocenters. The zero-order valence-corrected chi connectivity index (χ0v) is 18.5. The first-order valence-corrected chi connectivity index (χ1v) is 10.6. The highest BCUT2D eigenvalue weighted by atomic mass is 16.5. The van der Waals surface area contributed by atoms with Gasteiger partial charge in [-0.3, -0.25) is 9.59 Å². The van der Waals surface area contributed by atoms with Crippen molar-refractivity contribution in [3.63, 3.8) is 0 Å². The lowest BCUT2D eigenvalue weighted by Crippen LogP contribution is -2.32. The molecule has 0 spiro atoms. The molecule has 31 heavy (non-hydrogen) atoms. The van der Waals surface area contributed by atoms with Crippen LogP contribution < -0.4 is 0 Å². The summed E-state index contributed by atoms with van der Waals surface area (Å²) in [5, 5.41) is 28.3. The highest BCUT2D eigenvalue weighted by Crippen LogP contribution is 2.23. The Morgan fingerprint density at radius 3 is 2.61 bits per heavy atom. The predicted octanol–water partition coefficient (Wildman–Crippen LogP) is 3.25. The molecule has 8 heteroatoms. The molecule has 0 saturated heterocycles. The Morgan fingerprint density at radius 1 is 1.26 bits per heavy atom. The summed E-state index contributed by atoms with van der Waals surface area (Å²) in [7, 11) is 0. The Hall–Kier alpha value is -2.45. The number of aliphatic carboxylic acids is 1. The summed E-state index contributed by atoms with van der Waals surface area (Å²) in [6.07, 6.45) is 5.98. The Bertz CT molecular complexity index is 717. The summed E-state index contributed by atoms with van der Waals surface area (Å²) in [5.74, 6) is -2.23. The number of carbonyl (C=O) groups excluding carboxylic acids is 2. The molecule has 3 atom stereocenters. The van der Waals surface area contributed by atoms with Crippen molar-refractivity contribution in [2.75, 3.05) is 13.2 Å². The van der Waals surface area contributed by atoms with E-state index < -0.39 is 29.9 Å². The van der Waals surface area contributed by atoms with Gasteiger partial charge in [0, 0.05) is 24.5 Å². The number of unbranched alkanes of at least 4 members (excludes halogenated alkanes) is 2. The smallest absolute Gasteiger partial charge is 0.330 e. The number of esters is 1. The summed E-state index contributed by atoms with van der Waals surface area (Å²) in [4.78, 5) is 34.7. The summed E-state index contributed by atoms with van der Waals surface area (Å²) >= 11 is 0. The van der Waals surface area contributed by atoms with Gasteiger partial charge in [0.25, 0.3) is 0 Å². The molecule has 1 aliphatic heterocycles. The van der Waals surface area contributed by atoms with Gasteiger partial charge in [-0.25, -0.2) is 4.79 Å². The first-order chi connectivity index (χ1) is 14.6. The number of Topliss-reactive ketones (excluding diaryl/α,β-unsaturated/α-hetero) is 1. The molecule has 0 bridgehead atoms. The number of allylic oxidation sites excluding steroid dienone is 1. The number of hydrogen-bond acceptors (Lipinski definition) is 7. The van der Waals surface area contributed by atoms with E-state index in [2.05, 4.69) is 0 Å². The van der Waals surface area contributed by atoms with E-state index in [0.29, 0.717) is 36.8 Å². The Labute approximate surface area is 183 Å². The van der Waals surface area contributed by atoms with Crippen LogP contribution in [-0.2, 0) is 23.9 Å². The van der Waals surface area contributed by atoms with E-state index in [1.54, 1.807) is 19.9 Å². The second kappa shape index (κ2) is 13.8. The van der Waals surface area contributed by atoms with Crippen molar-refractivity contribution >= 4 is 17.7 Å². The molecule has 174 valence electrons. The second-order valence-electron chi connectivity index (χ2n) is 7.91. The number of carboxylic acid groups (broad SMARTS) is 1. The van der Waals surface area contributed by atoms with Crippen molar-refractivity contribution in [2.24, 2.45) is 5.92 Å². The SMILES string of the molecule is C/C(=C\C(=O)OCCCCCC(=O)O)C[C@@H]1OCC(C/C=C/[C@@H](C)[C@H](C)O)=C(O)C1=O. The maximum atomic E-state index is 12.4. The van der Waals surface area contributed by atoms with Crippen LogP contribution >= 0.6 is 0 Å². The molecule has 0 aromatic carbocycles. The van der Waals surface area contributed by atoms with Gasteiger partial charge in [0.15, 0.2) is 5.76 Å². The van der Waals surface area contributed by atoms with Gasteiger partial charge < -0.3 is 24.8 Å². The zero-order valence-electron chi connectivity index (χ0n) is 18.5. The molecule has 0 amide bonds. The molecule has 0 radical (unpaired) electrons. The maximum absolute atomic E-state index is 12.4. The molecule has 3 N–H and O–H groups in total. The van der Waals surface area contributed by atoms with Crippen molar-refractivity contribution < 1.29 is 39.2 Å². The molecule has 1 heterocycles. The standard InChI is InChI=1S/C23H34O8/c1-15(13-21(27)30-11-6-4-5-10-20(25)26)12-19-23(29)22(28)18(14-31-19)9-7-8-16(2)17(3)24/h7-8,13,16-17,19,24,28H,4-6,9-12,14H2,1-3H3,(H,25,26)/b8-7+,15-13+/t16-,17+,19+/m1/s1. The molecule has 1 rings (SSSR count). The summed E-state index contributed by atoms with van der Waals surface area (Å²) in [6, 6.07) is 0. The minimum atomic E-state index is -0.857. The van der Waals surface area contributed by atoms with Gasteiger partial charge in [-0.2, -0.15) is 0 Å². The largest absolute Gasteiger partial charge is 0.504 e. The maximum Gasteiger partial charge on any atom is 0.330 e. The summed E-state index contributed by atoms with van der Waals surface area (Å²) in [6.45, 7) is 5.56. The fourth-order valence-electron chi connectivity index (χ4n) is 2.89. The Kier molecular flexibility index (Phi) is 11.8. The second-order valence-corrected chi connectivity index (χ2v) is 7.91. The number of carboxylic acids is 1. The van der Waals surface area contributed by atoms with Crippen LogP contribution in [0.5, 0.6) is 0 Å². The van der Waals surface area contributed by atoms with Crippen molar-refractivity contribution in [1.29, 1.82) is 0 Å². The minimum absolute atomic E-state index is 0.0343. The van der Waals surface area contributed by atoms with E-state index in [1.165, 1.54) is 6.08 Å². The number of rotatable bonds is 13. The number of aliphatic hydroxyl groups is 2. The minimum Gasteiger partial charge on any atom is -0.504 e. The quantitative estimate of drug-likeness (QED) is 0.173. The molecule has 0 aliphatic carbocycles. The van der Waals surface area contributed by atoms with Crippen LogP contribution in [0.25, 0.3) is 0 Å². The van der Waals surface area contributed by atoms with Crippen LogP contribution in [-0.4, -0.2) is 58.5 Å². The van der Waals surface area contributed by atoms with Crippen molar-refractivity contribution in [3.8, 4) is 0 Å². The third-order valence-electron chi connectivity index (χ3n) is 5.04. The first-order valence-electron chi connectivity index (χ1n) is 10.6. The number of aliphatic hydroxyl groups excluding tert-OH is 2. The summed E-state index contributed by atoms with van der Waals surface area (Å²) < 4.78 is 10.7. The molecular weight excluding hydrogens is 404 g/mol. The summed E-state index contributed by atoms with van der Waals surface area (Å²) in [5.41, 5.74) is 1.08. The van der Waals surface area contributed by atoms with E-state index in [4.69, 9.17) is 14.6 Å². The van der Waals surface area contributed by atoms with Gasteiger partial charge in [0.1, 0.15) is 6.10 Å². The number of ether oxygens (including phenoxy) is 2. The lowest BCUT2D eigenvalue weighted by Gasteiger charge is -2.23. The fraction of sp³-hybridized carbons (Fsp3) is 0.609. The van der Waals surface area contributed by atoms with Crippen LogP contribution in [0.1, 0.15) is 59.3 Å². The highest BCUT2D eigenvalue weighted by molar-refractivity contribution is 5.98. The molecule has 0 aromatic rings. The van der Waals surface area contributed by atoms with Crippen LogP contribution in [0, 0.1) is 5.92 Å². The number of carbonyl (C=O) groups is 3. The molecule has 0 fully saturated rings. The van der Waals surface area contributed by atoms with Crippen LogP contribution in [0.4, 0.5) is 0 Å². The predicted molar refractivity (Wildman–Crippen MR) is 114 cm³/mol. The lowest BCUT2D eigenvalue weighted by atomic mass is 9.97. The molecule has 8 nitrogen and oxygen atoms in total. The molecule has 0 aromatic heterocycles. The van der Waals surface area contributed by atoms with E-state index >= 15 is 0 Å². The highest BCUT2D eigenvalue weighted by Gasteiger charge is 2.30. The van der Waals surface area contributed by atoms with Gasteiger partial charge in [0.05, 0.1) is 19.3 Å². The monoisotopic (exact) mass is 438 g/mol. The van der Waals surface area contributed by atoms with Crippen LogP contribution in [0.15, 0.2) is 35.1 Å². The molecule has 0 saturated carbocycles. The lowest BCUT2D eigenvalue weighted by molar-refractivity contribution is -0.139. The Morgan fingerprint density at radius 2 is 1.97 bits per heavy atom. The fourth-order valence-corrected chi connectivity index (χ4v) is 2.89. The van der Waals surface area contributed by atoms with E-state index in [0.717, 1.165) is 0 Å². The first kappa shape index (κ1) is 26.6. The number of ketones is 1. The topological polar surface area (TPSA) is 130 Å². The van der Waals surface area contributed by atoms with Crippen molar-refractivity contribution in [3.05, 3.63) is 35.1 Å². The molecular formula is C23H34O8. The van der Waals surface area contributed by atoms with Crippen LogP contribution in [0.2, 0.25) is 0 Å². The van der Waals surface area contributed by atoms with E-state index in [1.807, 2.05) is 13.0 Å². The van der Waals surface area contributed by atoms with Crippen molar-refractivity contribution in [2.45, 2.75) is 71.5 Å². The van der Waals surface area contributed by atoms with Crippen molar-refractivity contribution in [1.82, 2.24) is 0 Å². The van der Waals surface area contributed by atoms with Gasteiger partial charge in [-0.05, 0) is 45.4 Å². The van der Waals surface area contributed by atoms with Gasteiger partial charge in [-0.15, -0.1) is 0 Å².